The largest absolute Gasteiger partial charge is 0.491 e. The van der Waals surface area contributed by atoms with Gasteiger partial charge in [-0.2, -0.15) is 0 Å². The first-order valence-electron chi connectivity index (χ1n) is 7.55. The van der Waals surface area contributed by atoms with Crippen molar-refractivity contribution >= 4 is 11.6 Å². The molecule has 1 amide bonds. The summed E-state index contributed by atoms with van der Waals surface area (Å²) in [6, 6.07) is 15.1. The number of benzene rings is 2. The third kappa shape index (κ3) is 3.00. The summed E-state index contributed by atoms with van der Waals surface area (Å²) in [4.78, 5) is 12.4. The van der Waals surface area contributed by atoms with Gasteiger partial charge in [-0.15, -0.1) is 0 Å². The molecule has 0 bridgehead atoms. The Balaban J connectivity index is 1.94. The third-order valence-corrected chi connectivity index (χ3v) is 3.89. The quantitative estimate of drug-likeness (QED) is 0.834. The molecular formula is C18H20N2O3. The number of amides is 1. The van der Waals surface area contributed by atoms with E-state index in [2.05, 4.69) is 10.6 Å². The van der Waals surface area contributed by atoms with Gasteiger partial charge in [0.25, 0.3) is 5.91 Å². The molecule has 5 heteroatoms. The maximum absolute atomic E-state index is 12.4. The summed E-state index contributed by atoms with van der Waals surface area (Å²) in [6.45, 7) is 2.89. The van der Waals surface area contributed by atoms with Gasteiger partial charge in [0.05, 0.1) is 12.2 Å². The van der Waals surface area contributed by atoms with E-state index in [1.165, 1.54) is 0 Å². The van der Waals surface area contributed by atoms with Crippen LogP contribution >= 0.6 is 0 Å². The lowest BCUT2D eigenvalue weighted by Gasteiger charge is -2.38. The molecule has 0 spiro atoms. The van der Waals surface area contributed by atoms with Crippen molar-refractivity contribution in [3.05, 3.63) is 59.7 Å². The normalized spacial score (nSPS) is 19.5. The first kappa shape index (κ1) is 15.4. The van der Waals surface area contributed by atoms with Crippen molar-refractivity contribution in [2.24, 2.45) is 0 Å². The number of para-hydroxylation sites is 2. The highest BCUT2D eigenvalue weighted by Gasteiger charge is 2.36. The Hall–Kier alpha value is -2.53. The van der Waals surface area contributed by atoms with Gasteiger partial charge in [-0.1, -0.05) is 30.3 Å². The molecule has 1 atom stereocenters. The smallest absolute Gasteiger partial charge is 0.255 e. The second kappa shape index (κ2) is 6.30. The van der Waals surface area contributed by atoms with E-state index in [-0.39, 0.29) is 5.91 Å². The molecular weight excluding hydrogens is 292 g/mol. The van der Waals surface area contributed by atoms with Crippen LogP contribution in [-0.4, -0.2) is 26.2 Å². The number of anilines is 1. The second-order valence-corrected chi connectivity index (χ2v) is 5.59. The van der Waals surface area contributed by atoms with Gasteiger partial charge in [0.2, 0.25) is 0 Å². The highest BCUT2D eigenvalue weighted by Crippen LogP contribution is 2.35. The van der Waals surface area contributed by atoms with Crippen LogP contribution in [0.1, 0.15) is 22.8 Å². The standard InChI is InChI=1S/C18H20N2O3/c1-18(14-8-4-6-10-16(14)23-12-11-22-2)19-15-9-5-3-7-13(15)17(21)20-18/h3-10,19H,11-12H2,1-2H3,(H,20,21). The van der Waals surface area contributed by atoms with Crippen molar-refractivity contribution in [1.29, 1.82) is 0 Å². The summed E-state index contributed by atoms with van der Waals surface area (Å²) in [7, 11) is 1.64. The molecule has 23 heavy (non-hydrogen) atoms. The van der Waals surface area contributed by atoms with E-state index in [9.17, 15) is 4.79 Å². The van der Waals surface area contributed by atoms with Crippen LogP contribution in [0.4, 0.5) is 5.69 Å². The lowest BCUT2D eigenvalue weighted by molar-refractivity contribution is 0.0904. The zero-order valence-electron chi connectivity index (χ0n) is 13.3. The van der Waals surface area contributed by atoms with E-state index in [0.29, 0.717) is 18.8 Å². The van der Waals surface area contributed by atoms with Gasteiger partial charge in [-0.3, -0.25) is 4.79 Å². The Morgan fingerprint density at radius 3 is 2.57 bits per heavy atom. The summed E-state index contributed by atoms with van der Waals surface area (Å²) >= 11 is 0. The molecule has 1 aliphatic rings. The molecule has 120 valence electrons. The van der Waals surface area contributed by atoms with Gasteiger partial charge < -0.3 is 20.1 Å². The Labute approximate surface area is 135 Å². The summed E-state index contributed by atoms with van der Waals surface area (Å²) in [6.07, 6.45) is 0. The zero-order chi connectivity index (χ0) is 16.3. The lowest BCUT2D eigenvalue weighted by atomic mass is 9.95. The maximum Gasteiger partial charge on any atom is 0.255 e. The molecule has 1 unspecified atom stereocenters. The summed E-state index contributed by atoms with van der Waals surface area (Å²) in [5, 5.41) is 6.44. The van der Waals surface area contributed by atoms with Gasteiger partial charge >= 0.3 is 0 Å². The minimum Gasteiger partial charge on any atom is -0.491 e. The summed E-state index contributed by atoms with van der Waals surface area (Å²) in [5.41, 5.74) is 1.59. The molecule has 5 nitrogen and oxygen atoms in total. The fourth-order valence-electron chi connectivity index (χ4n) is 2.76. The minimum absolute atomic E-state index is 0.103. The van der Waals surface area contributed by atoms with E-state index >= 15 is 0 Å². The number of rotatable bonds is 5. The van der Waals surface area contributed by atoms with E-state index in [1.807, 2.05) is 49.4 Å². The van der Waals surface area contributed by atoms with Gasteiger partial charge in [0.1, 0.15) is 18.0 Å². The van der Waals surface area contributed by atoms with E-state index in [1.54, 1.807) is 13.2 Å². The molecule has 1 aliphatic heterocycles. The van der Waals surface area contributed by atoms with E-state index in [0.717, 1.165) is 17.0 Å². The fourth-order valence-corrected chi connectivity index (χ4v) is 2.76. The Kier molecular flexibility index (Phi) is 4.21. The molecule has 1 heterocycles. The minimum atomic E-state index is -0.741. The Morgan fingerprint density at radius 1 is 1.00 bits per heavy atom. The molecule has 2 aromatic rings. The van der Waals surface area contributed by atoms with Crippen LogP contribution in [0.15, 0.2) is 48.5 Å². The molecule has 0 fully saturated rings. The number of carbonyl (C=O) groups excluding carboxylic acids is 1. The van der Waals surface area contributed by atoms with Crippen LogP contribution in [0, 0.1) is 0 Å². The SMILES string of the molecule is COCCOc1ccccc1C1(C)NC(=O)c2ccccc2N1. The lowest BCUT2D eigenvalue weighted by Crippen LogP contribution is -2.53. The molecule has 3 rings (SSSR count). The van der Waals surface area contributed by atoms with Gasteiger partial charge in [-0.05, 0) is 25.1 Å². The van der Waals surface area contributed by atoms with E-state index < -0.39 is 5.66 Å². The Morgan fingerprint density at radius 2 is 1.74 bits per heavy atom. The highest BCUT2D eigenvalue weighted by atomic mass is 16.5. The number of carbonyl (C=O) groups is 1. The highest BCUT2D eigenvalue weighted by molar-refractivity contribution is 6.02. The molecule has 0 saturated heterocycles. The molecule has 0 aromatic heterocycles. The molecule has 0 aliphatic carbocycles. The van der Waals surface area contributed by atoms with Crippen LogP contribution < -0.4 is 15.4 Å². The van der Waals surface area contributed by atoms with Crippen LogP contribution in [0.25, 0.3) is 0 Å². The van der Waals surface area contributed by atoms with Crippen molar-refractivity contribution < 1.29 is 14.3 Å². The first-order chi connectivity index (χ1) is 11.1. The summed E-state index contributed by atoms with van der Waals surface area (Å²) < 4.78 is 10.8. The number of ether oxygens (including phenoxy) is 2. The maximum atomic E-state index is 12.4. The average Bonchev–Trinajstić information content (AvgIpc) is 2.55. The predicted molar refractivity (Wildman–Crippen MR) is 88.7 cm³/mol. The van der Waals surface area contributed by atoms with Crippen LogP contribution in [0.2, 0.25) is 0 Å². The average molecular weight is 312 g/mol. The topological polar surface area (TPSA) is 59.6 Å². The monoisotopic (exact) mass is 312 g/mol. The zero-order valence-corrected chi connectivity index (χ0v) is 13.3. The van der Waals surface area contributed by atoms with Crippen molar-refractivity contribution in [3.8, 4) is 5.75 Å². The number of hydrogen-bond donors (Lipinski definition) is 2. The fraction of sp³-hybridized carbons (Fsp3) is 0.278. The van der Waals surface area contributed by atoms with Gasteiger partial charge in [0.15, 0.2) is 0 Å². The first-order valence-corrected chi connectivity index (χ1v) is 7.55. The van der Waals surface area contributed by atoms with E-state index in [4.69, 9.17) is 9.47 Å². The summed E-state index contributed by atoms with van der Waals surface area (Å²) in [5.74, 6) is 0.618. The van der Waals surface area contributed by atoms with Crippen LogP contribution in [-0.2, 0) is 10.4 Å². The second-order valence-electron chi connectivity index (χ2n) is 5.59. The number of nitrogens with one attached hydrogen (secondary N) is 2. The van der Waals surface area contributed by atoms with Crippen molar-refractivity contribution in [2.75, 3.05) is 25.6 Å². The van der Waals surface area contributed by atoms with Gasteiger partial charge in [0, 0.05) is 18.4 Å². The van der Waals surface area contributed by atoms with Crippen molar-refractivity contribution in [1.82, 2.24) is 5.32 Å². The molecule has 0 radical (unpaired) electrons. The van der Waals surface area contributed by atoms with Crippen LogP contribution in [0.3, 0.4) is 0 Å². The Bertz CT molecular complexity index is 717. The molecule has 0 saturated carbocycles. The third-order valence-electron chi connectivity index (χ3n) is 3.89. The van der Waals surface area contributed by atoms with Gasteiger partial charge in [-0.25, -0.2) is 0 Å². The predicted octanol–water partition coefficient (Wildman–Crippen LogP) is 2.74. The number of hydrogen-bond acceptors (Lipinski definition) is 4. The van der Waals surface area contributed by atoms with Crippen LogP contribution in [0.5, 0.6) is 5.75 Å². The number of methoxy groups -OCH3 is 1. The molecule has 2 N–H and O–H groups in total. The van der Waals surface area contributed by atoms with Crippen molar-refractivity contribution in [3.63, 3.8) is 0 Å². The van der Waals surface area contributed by atoms with Crippen molar-refractivity contribution in [2.45, 2.75) is 12.6 Å². The molecule has 2 aromatic carbocycles. The number of fused-ring (bicyclic) bond motifs is 1.